The SMILES string of the molecule is CC(C)NC(Oc1ccc(NC(=O)CC=CI)cc1)C(C)O. The van der Waals surface area contributed by atoms with Gasteiger partial charge in [0.25, 0.3) is 0 Å². The summed E-state index contributed by atoms with van der Waals surface area (Å²) in [4.78, 5) is 11.6. The first-order valence-electron chi connectivity index (χ1n) is 7.18. The molecule has 0 spiro atoms. The van der Waals surface area contributed by atoms with Gasteiger partial charge < -0.3 is 15.2 Å². The van der Waals surface area contributed by atoms with Gasteiger partial charge in [-0.2, -0.15) is 0 Å². The number of rotatable bonds is 8. The average molecular weight is 418 g/mol. The van der Waals surface area contributed by atoms with Crippen LogP contribution >= 0.6 is 22.6 Å². The fraction of sp³-hybridized carbons (Fsp3) is 0.438. The number of hydrogen-bond donors (Lipinski definition) is 3. The zero-order valence-corrected chi connectivity index (χ0v) is 15.2. The fourth-order valence-corrected chi connectivity index (χ4v) is 1.98. The number of aliphatic hydroxyl groups is 1. The number of carbonyl (C=O) groups excluding carboxylic acids is 1. The molecule has 0 aliphatic heterocycles. The smallest absolute Gasteiger partial charge is 0.228 e. The second-order valence-corrected chi connectivity index (χ2v) is 5.96. The monoisotopic (exact) mass is 418 g/mol. The summed E-state index contributed by atoms with van der Waals surface area (Å²) >= 11 is 2.08. The Morgan fingerprint density at radius 2 is 1.95 bits per heavy atom. The molecular weight excluding hydrogens is 395 g/mol. The second kappa shape index (κ2) is 9.81. The summed E-state index contributed by atoms with van der Waals surface area (Å²) in [6, 6.07) is 7.27. The Hall–Kier alpha value is -1.12. The highest BCUT2D eigenvalue weighted by Gasteiger charge is 2.17. The van der Waals surface area contributed by atoms with E-state index in [-0.39, 0.29) is 11.9 Å². The predicted octanol–water partition coefficient (Wildman–Crippen LogP) is 3.05. The molecule has 0 aliphatic rings. The molecule has 0 aromatic heterocycles. The molecule has 2 unspecified atom stereocenters. The molecule has 0 saturated carbocycles. The Balaban J connectivity index is 2.61. The van der Waals surface area contributed by atoms with Crippen molar-refractivity contribution in [1.82, 2.24) is 5.32 Å². The lowest BCUT2D eigenvalue weighted by molar-refractivity contribution is -0.115. The molecule has 0 heterocycles. The molecule has 1 rings (SSSR count). The van der Waals surface area contributed by atoms with E-state index in [1.165, 1.54) is 0 Å². The number of ether oxygens (including phenoxy) is 1. The van der Waals surface area contributed by atoms with Gasteiger partial charge in [-0.1, -0.05) is 28.7 Å². The minimum absolute atomic E-state index is 0.0649. The Bertz CT molecular complexity index is 487. The maximum atomic E-state index is 11.6. The van der Waals surface area contributed by atoms with Gasteiger partial charge in [-0.25, -0.2) is 0 Å². The molecule has 0 aliphatic carbocycles. The first kappa shape index (κ1) is 18.9. The van der Waals surface area contributed by atoms with E-state index in [2.05, 4.69) is 33.2 Å². The number of carbonyl (C=O) groups is 1. The van der Waals surface area contributed by atoms with E-state index >= 15 is 0 Å². The topological polar surface area (TPSA) is 70.6 Å². The number of nitrogens with one attached hydrogen (secondary N) is 2. The van der Waals surface area contributed by atoms with Crippen LogP contribution in [0, 0.1) is 0 Å². The van der Waals surface area contributed by atoms with Crippen molar-refractivity contribution in [1.29, 1.82) is 0 Å². The van der Waals surface area contributed by atoms with Gasteiger partial charge in [0.05, 0.1) is 0 Å². The first-order chi connectivity index (χ1) is 10.4. The quantitative estimate of drug-likeness (QED) is 0.449. The third-order valence-electron chi connectivity index (χ3n) is 2.73. The molecule has 1 aromatic carbocycles. The highest BCUT2D eigenvalue weighted by atomic mass is 127. The van der Waals surface area contributed by atoms with Crippen molar-refractivity contribution < 1.29 is 14.6 Å². The van der Waals surface area contributed by atoms with Crippen molar-refractivity contribution in [3.63, 3.8) is 0 Å². The van der Waals surface area contributed by atoms with Crippen LogP contribution in [0.15, 0.2) is 34.4 Å². The Kier molecular flexibility index (Phi) is 8.44. The summed E-state index contributed by atoms with van der Waals surface area (Å²) < 4.78 is 7.54. The molecular formula is C16H23IN2O3. The molecule has 122 valence electrons. The summed E-state index contributed by atoms with van der Waals surface area (Å²) in [7, 11) is 0. The van der Waals surface area contributed by atoms with Gasteiger partial charge in [-0.05, 0) is 49.1 Å². The van der Waals surface area contributed by atoms with Crippen LogP contribution in [0.4, 0.5) is 5.69 Å². The van der Waals surface area contributed by atoms with Crippen LogP contribution in [0.2, 0.25) is 0 Å². The van der Waals surface area contributed by atoms with E-state index in [1.807, 2.05) is 17.9 Å². The van der Waals surface area contributed by atoms with E-state index in [9.17, 15) is 9.90 Å². The van der Waals surface area contributed by atoms with E-state index < -0.39 is 12.3 Å². The number of hydrogen-bond acceptors (Lipinski definition) is 4. The summed E-state index contributed by atoms with van der Waals surface area (Å²) in [6.45, 7) is 5.65. The third kappa shape index (κ3) is 7.24. The van der Waals surface area contributed by atoms with Gasteiger partial charge in [-0.15, -0.1) is 0 Å². The minimum Gasteiger partial charge on any atom is -0.473 e. The van der Waals surface area contributed by atoms with Crippen LogP contribution < -0.4 is 15.4 Å². The Morgan fingerprint density at radius 1 is 1.32 bits per heavy atom. The second-order valence-electron chi connectivity index (χ2n) is 5.24. The maximum Gasteiger partial charge on any atom is 0.228 e. The lowest BCUT2D eigenvalue weighted by Gasteiger charge is -2.25. The molecule has 0 saturated heterocycles. The van der Waals surface area contributed by atoms with Crippen molar-refractivity contribution in [3.8, 4) is 5.75 Å². The highest BCUT2D eigenvalue weighted by Crippen LogP contribution is 2.17. The molecule has 1 amide bonds. The van der Waals surface area contributed by atoms with Gasteiger partial charge >= 0.3 is 0 Å². The summed E-state index contributed by atoms with van der Waals surface area (Å²) in [6.07, 6.45) is 1.03. The van der Waals surface area contributed by atoms with Crippen LogP contribution in [0.25, 0.3) is 0 Å². The third-order valence-corrected chi connectivity index (χ3v) is 3.24. The largest absolute Gasteiger partial charge is 0.473 e. The molecule has 22 heavy (non-hydrogen) atoms. The van der Waals surface area contributed by atoms with Gasteiger partial charge in [0.2, 0.25) is 5.91 Å². The summed E-state index contributed by atoms with van der Waals surface area (Å²) in [5.74, 6) is 0.564. The summed E-state index contributed by atoms with van der Waals surface area (Å²) in [5.41, 5.74) is 0.713. The van der Waals surface area contributed by atoms with Gasteiger partial charge in [0.1, 0.15) is 11.9 Å². The fourth-order valence-electron chi connectivity index (χ4n) is 1.73. The van der Waals surface area contributed by atoms with Crippen LogP contribution in [-0.4, -0.2) is 29.4 Å². The zero-order valence-electron chi connectivity index (χ0n) is 13.0. The number of anilines is 1. The lowest BCUT2D eigenvalue weighted by Crippen LogP contribution is -2.46. The number of aliphatic hydroxyl groups excluding tert-OH is 1. The molecule has 3 N–H and O–H groups in total. The molecule has 1 aromatic rings. The molecule has 0 bridgehead atoms. The van der Waals surface area contributed by atoms with E-state index in [0.717, 1.165) is 0 Å². The van der Waals surface area contributed by atoms with Crippen molar-refractivity contribution in [3.05, 3.63) is 34.4 Å². The number of benzene rings is 1. The van der Waals surface area contributed by atoms with Crippen molar-refractivity contribution >= 4 is 34.2 Å². The number of halogens is 1. The van der Waals surface area contributed by atoms with Gasteiger partial charge in [0.15, 0.2) is 6.23 Å². The molecule has 5 nitrogen and oxygen atoms in total. The van der Waals surface area contributed by atoms with Crippen LogP contribution in [0.3, 0.4) is 0 Å². The highest BCUT2D eigenvalue weighted by molar-refractivity contribution is 14.1. The summed E-state index contributed by atoms with van der Waals surface area (Å²) in [5, 5.41) is 15.7. The van der Waals surface area contributed by atoms with E-state index in [4.69, 9.17) is 4.74 Å². The molecule has 0 fully saturated rings. The molecule has 0 radical (unpaired) electrons. The zero-order chi connectivity index (χ0) is 16.5. The maximum absolute atomic E-state index is 11.6. The Morgan fingerprint density at radius 3 is 2.45 bits per heavy atom. The first-order valence-corrected chi connectivity index (χ1v) is 8.43. The van der Waals surface area contributed by atoms with Gasteiger partial charge in [0, 0.05) is 18.2 Å². The standard InChI is InChI=1S/C16H23IN2O3/c1-11(2)18-16(12(3)20)22-14-8-6-13(7-9-14)19-15(21)5-4-10-17/h4,6-12,16,18,20H,5H2,1-3H3,(H,19,21). The molecule has 2 atom stereocenters. The molecule has 6 heteroatoms. The van der Waals surface area contributed by atoms with Crippen LogP contribution in [0.5, 0.6) is 5.75 Å². The average Bonchev–Trinajstić information content (AvgIpc) is 2.46. The van der Waals surface area contributed by atoms with Crippen molar-refractivity contribution in [2.75, 3.05) is 5.32 Å². The predicted molar refractivity (Wildman–Crippen MR) is 97.2 cm³/mol. The van der Waals surface area contributed by atoms with Crippen LogP contribution in [-0.2, 0) is 4.79 Å². The normalized spacial score (nSPS) is 14.1. The lowest BCUT2D eigenvalue weighted by atomic mass is 10.2. The van der Waals surface area contributed by atoms with Crippen LogP contribution in [0.1, 0.15) is 27.2 Å². The van der Waals surface area contributed by atoms with E-state index in [1.54, 1.807) is 37.3 Å². The minimum atomic E-state index is -0.637. The van der Waals surface area contributed by atoms with E-state index in [0.29, 0.717) is 17.9 Å². The van der Waals surface area contributed by atoms with Crippen molar-refractivity contribution in [2.45, 2.75) is 45.6 Å². The van der Waals surface area contributed by atoms with Crippen molar-refractivity contribution in [2.24, 2.45) is 0 Å². The van der Waals surface area contributed by atoms with Gasteiger partial charge in [-0.3, -0.25) is 10.1 Å². The Labute approximate surface area is 145 Å². The number of amides is 1.